The van der Waals surface area contributed by atoms with E-state index in [1.807, 2.05) is 15.6 Å². The number of carbonyl (C=O) groups excluding carboxylic acids is 2. The van der Waals surface area contributed by atoms with Crippen LogP contribution in [0.4, 0.5) is 5.82 Å². The van der Waals surface area contributed by atoms with E-state index in [0.29, 0.717) is 18.7 Å². The summed E-state index contributed by atoms with van der Waals surface area (Å²) < 4.78 is 3.53. The molecule has 8 heteroatoms. The Morgan fingerprint density at radius 3 is 2.56 bits per heavy atom. The van der Waals surface area contributed by atoms with Crippen LogP contribution in [0.1, 0.15) is 42.1 Å². The number of nitrogens with one attached hydrogen (secondary N) is 1. The third-order valence-corrected chi connectivity index (χ3v) is 4.92. The molecule has 2 amide bonds. The molecule has 0 aromatic carbocycles. The summed E-state index contributed by atoms with van der Waals surface area (Å²) in [6, 6.07) is 2.04. The molecule has 2 aliphatic rings. The number of aryl methyl sites for hydroxylation is 1. The predicted molar refractivity (Wildman–Crippen MR) is 91.0 cm³/mol. The molecule has 132 valence electrons. The van der Waals surface area contributed by atoms with Crippen molar-refractivity contribution >= 4 is 17.6 Å². The maximum absolute atomic E-state index is 12.5. The van der Waals surface area contributed by atoms with Crippen LogP contribution in [0.3, 0.4) is 0 Å². The van der Waals surface area contributed by atoms with Crippen LogP contribution in [0.25, 0.3) is 0 Å². The molecular formula is C17H22N6O2. The largest absolute Gasteiger partial charge is 0.338 e. The Morgan fingerprint density at radius 1 is 1.16 bits per heavy atom. The number of nitrogens with zero attached hydrogens (tertiary/aromatic N) is 5. The first-order valence-corrected chi connectivity index (χ1v) is 8.74. The van der Waals surface area contributed by atoms with Gasteiger partial charge in [0.25, 0.3) is 5.91 Å². The van der Waals surface area contributed by atoms with E-state index < -0.39 is 0 Å². The SMILES string of the molecule is Cn1cc(C(=O)N2CCC(n3nccc3NC(=O)C3CC3)CC2)cn1. The summed E-state index contributed by atoms with van der Waals surface area (Å²) in [7, 11) is 1.80. The summed E-state index contributed by atoms with van der Waals surface area (Å²) in [4.78, 5) is 26.3. The van der Waals surface area contributed by atoms with Crippen molar-refractivity contribution in [1.29, 1.82) is 0 Å². The molecule has 2 aromatic heterocycles. The molecule has 1 aliphatic heterocycles. The second-order valence-electron chi connectivity index (χ2n) is 6.85. The Kier molecular flexibility index (Phi) is 4.03. The molecule has 1 saturated carbocycles. The highest BCUT2D eigenvalue weighted by atomic mass is 16.2. The maximum atomic E-state index is 12.5. The van der Waals surface area contributed by atoms with Gasteiger partial charge in [-0.1, -0.05) is 0 Å². The van der Waals surface area contributed by atoms with Gasteiger partial charge in [0.1, 0.15) is 5.82 Å². The van der Waals surface area contributed by atoms with Crippen LogP contribution in [0, 0.1) is 5.92 Å². The van der Waals surface area contributed by atoms with Gasteiger partial charge in [-0.2, -0.15) is 10.2 Å². The third kappa shape index (κ3) is 3.29. The number of likely N-dealkylation sites (tertiary alicyclic amines) is 1. The van der Waals surface area contributed by atoms with Gasteiger partial charge >= 0.3 is 0 Å². The monoisotopic (exact) mass is 342 g/mol. The van der Waals surface area contributed by atoms with Crippen LogP contribution in [0.5, 0.6) is 0 Å². The number of aromatic nitrogens is 4. The molecule has 0 unspecified atom stereocenters. The summed E-state index contributed by atoms with van der Waals surface area (Å²) in [5.41, 5.74) is 0.623. The Bertz CT molecular complexity index is 783. The van der Waals surface area contributed by atoms with E-state index in [4.69, 9.17) is 0 Å². The minimum atomic E-state index is 0.0225. The molecule has 0 bridgehead atoms. The van der Waals surface area contributed by atoms with E-state index in [1.54, 1.807) is 30.3 Å². The summed E-state index contributed by atoms with van der Waals surface area (Å²) in [6.45, 7) is 1.35. The van der Waals surface area contributed by atoms with Crippen molar-refractivity contribution in [2.24, 2.45) is 13.0 Å². The van der Waals surface area contributed by atoms with Crippen molar-refractivity contribution in [3.8, 4) is 0 Å². The number of rotatable bonds is 4. The van der Waals surface area contributed by atoms with Crippen LogP contribution >= 0.6 is 0 Å². The van der Waals surface area contributed by atoms with Gasteiger partial charge in [-0.25, -0.2) is 4.68 Å². The smallest absolute Gasteiger partial charge is 0.257 e. The number of piperidine rings is 1. The first-order chi connectivity index (χ1) is 12.1. The van der Waals surface area contributed by atoms with Crippen LogP contribution < -0.4 is 5.32 Å². The van der Waals surface area contributed by atoms with Crippen molar-refractivity contribution in [1.82, 2.24) is 24.5 Å². The highest BCUT2D eigenvalue weighted by molar-refractivity contribution is 5.94. The molecule has 1 aliphatic carbocycles. The van der Waals surface area contributed by atoms with Crippen LogP contribution in [0.15, 0.2) is 24.7 Å². The zero-order valence-electron chi connectivity index (χ0n) is 14.3. The van der Waals surface area contributed by atoms with Gasteiger partial charge in [0, 0.05) is 38.3 Å². The van der Waals surface area contributed by atoms with Gasteiger partial charge in [0.15, 0.2) is 0 Å². The average molecular weight is 342 g/mol. The van der Waals surface area contributed by atoms with E-state index in [1.165, 1.54) is 0 Å². The van der Waals surface area contributed by atoms with Crippen LogP contribution in [0.2, 0.25) is 0 Å². The van der Waals surface area contributed by atoms with Gasteiger partial charge in [0.2, 0.25) is 5.91 Å². The minimum Gasteiger partial charge on any atom is -0.338 e. The molecule has 0 spiro atoms. The highest BCUT2D eigenvalue weighted by Gasteiger charge is 2.31. The number of anilines is 1. The Balaban J connectivity index is 1.38. The molecule has 8 nitrogen and oxygen atoms in total. The van der Waals surface area contributed by atoms with Gasteiger partial charge in [-0.05, 0) is 25.7 Å². The first-order valence-electron chi connectivity index (χ1n) is 8.74. The van der Waals surface area contributed by atoms with E-state index in [2.05, 4.69) is 15.5 Å². The number of hydrogen-bond acceptors (Lipinski definition) is 4. The summed E-state index contributed by atoms with van der Waals surface area (Å²) in [5.74, 6) is 1.04. The normalized spacial score (nSPS) is 18.4. The second-order valence-corrected chi connectivity index (χ2v) is 6.85. The summed E-state index contributed by atoms with van der Waals surface area (Å²) in [6.07, 6.45) is 8.67. The maximum Gasteiger partial charge on any atom is 0.257 e. The lowest BCUT2D eigenvalue weighted by molar-refractivity contribution is -0.117. The highest BCUT2D eigenvalue weighted by Crippen LogP contribution is 2.31. The average Bonchev–Trinajstić information content (AvgIpc) is 3.24. The van der Waals surface area contributed by atoms with Gasteiger partial charge in [-0.15, -0.1) is 0 Å². The molecule has 0 radical (unpaired) electrons. The number of carbonyl (C=O) groups is 2. The van der Waals surface area contributed by atoms with E-state index in [-0.39, 0.29) is 23.8 Å². The number of amides is 2. The Labute approximate surface area is 145 Å². The van der Waals surface area contributed by atoms with E-state index in [0.717, 1.165) is 31.5 Å². The quantitative estimate of drug-likeness (QED) is 0.911. The third-order valence-electron chi connectivity index (χ3n) is 4.92. The fraction of sp³-hybridized carbons (Fsp3) is 0.529. The molecule has 1 N–H and O–H groups in total. The Hall–Kier alpha value is -2.64. The fourth-order valence-electron chi connectivity index (χ4n) is 3.31. The Morgan fingerprint density at radius 2 is 1.92 bits per heavy atom. The molecular weight excluding hydrogens is 320 g/mol. The zero-order chi connectivity index (χ0) is 17.4. The standard InChI is InChI=1S/C17H22N6O2/c1-21-11-13(10-19-21)17(25)22-8-5-14(6-9-22)23-15(4-7-18-23)20-16(24)12-2-3-12/h4,7,10-12,14H,2-3,5-6,8-9H2,1H3,(H,20,24). The molecule has 0 atom stereocenters. The molecule has 1 saturated heterocycles. The minimum absolute atomic E-state index is 0.0225. The fourth-order valence-corrected chi connectivity index (χ4v) is 3.31. The summed E-state index contributed by atoms with van der Waals surface area (Å²) in [5, 5.41) is 11.4. The predicted octanol–water partition coefficient (Wildman–Crippen LogP) is 1.44. The second kappa shape index (κ2) is 6.34. The lowest BCUT2D eigenvalue weighted by Gasteiger charge is -2.32. The topological polar surface area (TPSA) is 85.0 Å². The van der Waals surface area contributed by atoms with Crippen molar-refractivity contribution in [3.05, 3.63) is 30.2 Å². The van der Waals surface area contributed by atoms with Gasteiger partial charge < -0.3 is 10.2 Å². The van der Waals surface area contributed by atoms with Crippen molar-refractivity contribution in [2.75, 3.05) is 18.4 Å². The van der Waals surface area contributed by atoms with Crippen LogP contribution in [-0.2, 0) is 11.8 Å². The zero-order valence-corrected chi connectivity index (χ0v) is 14.3. The van der Waals surface area contributed by atoms with Crippen molar-refractivity contribution in [2.45, 2.75) is 31.7 Å². The molecule has 4 rings (SSSR count). The van der Waals surface area contributed by atoms with Crippen LogP contribution in [-0.4, -0.2) is 49.4 Å². The lowest BCUT2D eigenvalue weighted by Crippen LogP contribution is -2.39. The molecule has 2 fully saturated rings. The first kappa shape index (κ1) is 15.9. The number of hydrogen-bond donors (Lipinski definition) is 1. The van der Waals surface area contributed by atoms with E-state index >= 15 is 0 Å². The van der Waals surface area contributed by atoms with Gasteiger partial charge in [0.05, 0.1) is 24.0 Å². The lowest BCUT2D eigenvalue weighted by atomic mass is 10.0. The molecule has 3 heterocycles. The molecule has 25 heavy (non-hydrogen) atoms. The van der Waals surface area contributed by atoms with Crippen molar-refractivity contribution < 1.29 is 9.59 Å². The summed E-state index contributed by atoms with van der Waals surface area (Å²) >= 11 is 0. The van der Waals surface area contributed by atoms with Gasteiger partial charge in [-0.3, -0.25) is 14.3 Å². The molecule has 2 aromatic rings. The van der Waals surface area contributed by atoms with Crippen molar-refractivity contribution in [3.63, 3.8) is 0 Å². The van der Waals surface area contributed by atoms with E-state index in [9.17, 15) is 9.59 Å².